The number of aliphatic imine (C=N–C) groups is 2. The van der Waals surface area contributed by atoms with Gasteiger partial charge in [-0.1, -0.05) is 140 Å². The molecule has 9 rings (SSSR count). The number of benzene rings is 7. The fraction of sp³-hybridized carbons (Fsp3) is 0.0638. The van der Waals surface area contributed by atoms with E-state index in [0.29, 0.717) is 5.84 Å². The normalized spacial score (nSPS) is 15.1. The Morgan fingerprint density at radius 3 is 1.84 bits per heavy atom. The molecule has 0 unspecified atom stereocenters. The number of nitrogens with zero attached hydrogens (tertiary/aromatic N) is 2. The maximum Gasteiger partial charge on any atom is 0.160 e. The highest BCUT2D eigenvalue weighted by atomic mass is 16.3. The van der Waals surface area contributed by atoms with Crippen molar-refractivity contribution in [3.63, 3.8) is 0 Å². The van der Waals surface area contributed by atoms with Crippen LogP contribution in [0.15, 0.2) is 184 Å². The van der Waals surface area contributed by atoms with Gasteiger partial charge in [0.25, 0.3) is 0 Å². The Morgan fingerprint density at radius 1 is 0.420 bits per heavy atom. The molecule has 0 saturated heterocycles. The Hall–Kier alpha value is -6.32. The van der Waals surface area contributed by atoms with E-state index in [9.17, 15) is 0 Å². The van der Waals surface area contributed by atoms with Crippen molar-refractivity contribution in [1.29, 1.82) is 0 Å². The molecule has 1 aliphatic rings. The van der Waals surface area contributed by atoms with Crippen molar-refractivity contribution in [1.82, 2.24) is 0 Å². The number of amidine groups is 1. The van der Waals surface area contributed by atoms with Crippen LogP contribution in [-0.2, 0) is 0 Å². The van der Waals surface area contributed by atoms with Crippen LogP contribution in [-0.4, -0.2) is 11.5 Å². The third-order valence-corrected chi connectivity index (χ3v) is 9.80. The number of hydrogen-bond donors (Lipinski definition) is 0. The lowest BCUT2D eigenvalue weighted by Crippen LogP contribution is -2.10. The van der Waals surface area contributed by atoms with E-state index in [4.69, 9.17) is 14.4 Å². The van der Waals surface area contributed by atoms with Gasteiger partial charge in [0, 0.05) is 21.9 Å². The van der Waals surface area contributed by atoms with Crippen LogP contribution in [0, 0.1) is 0 Å². The molecule has 0 radical (unpaired) electrons. The Balaban J connectivity index is 1.13. The largest absolute Gasteiger partial charge is 0.456 e. The highest BCUT2D eigenvalue weighted by molar-refractivity contribution is 6.16. The van der Waals surface area contributed by atoms with Crippen LogP contribution in [0.3, 0.4) is 0 Å². The standard InChI is InChI=1S/C47H34N2O/c1-31-15-28-43(36-21-16-34(17-22-36)32-9-3-2-4-10-32)48-47(40-26-27-42-41-13-7-8-14-44(41)50-45(42)30-40)49-46(31)37-23-18-35(19-24-37)39-25-20-33-11-5-6-12-38(33)29-39/h2-14,16-27,29-30H,15,28H2,1H3/b46-31+,48-43?,49-47?. The Bertz CT molecular complexity index is 2620. The molecule has 1 aromatic heterocycles. The molecular weight excluding hydrogens is 609 g/mol. The molecule has 0 fully saturated rings. The second-order valence-corrected chi connectivity index (χ2v) is 13.0. The molecule has 50 heavy (non-hydrogen) atoms. The van der Waals surface area contributed by atoms with E-state index in [-0.39, 0.29) is 0 Å². The van der Waals surface area contributed by atoms with Gasteiger partial charge in [0.2, 0.25) is 0 Å². The third-order valence-electron chi connectivity index (χ3n) is 9.80. The van der Waals surface area contributed by atoms with Gasteiger partial charge in [0.15, 0.2) is 5.84 Å². The van der Waals surface area contributed by atoms with Crippen LogP contribution in [0.25, 0.3) is 60.7 Å². The summed E-state index contributed by atoms with van der Waals surface area (Å²) in [7, 11) is 0. The molecule has 1 aliphatic heterocycles. The first kappa shape index (κ1) is 29.8. The van der Waals surface area contributed by atoms with Gasteiger partial charge in [-0.05, 0) is 88.2 Å². The van der Waals surface area contributed by atoms with Crippen molar-refractivity contribution in [2.45, 2.75) is 19.8 Å². The number of hydrogen-bond acceptors (Lipinski definition) is 3. The van der Waals surface area contributed by atoms with E-state index in [0.717, 1.165) is 62.9 Å². The number of fused-ring (bicyclic) bond motifs is 4. The summed E-state index contributed by atoms with van der Waals surface area (Å²) < 4.78 is 6.31. The average Bonchev–Trinajstić information content (AvgIpc) is 3.55. The lowest BCUT2D eigenvalue weighted by atomic mass is 9.95. The quantitative estimate of drug-likeness (QED) is 0.184. The number of furan rings is 1. The molecule has 0 saturated carbocycles. The first-order valence-corrected chi connectivity index (χ1v) is 17.2. The molecule has 7 aromatic carbocycles. The summed E-state index contributed by atoms with van der Waals surface area (Å²) in [5.41, 5.74) is 12.8. The van der Waals surface area contributed by atoms with Crippen molar-refractivity contribution in [3.8, 4) is 22.3 Å². The minimum Gasteiger partial charge on any atom is -0.456 e. The summed E-state index contributed by atoms with van der Waals surface area (Å²) in [4.78, 5) is 10.7. The van der Waals surface area contributed by atoms with Gasteiger partial charge in [0.05, 0.1) is 11.4 Å². The molecule has 238 valence electrons. The van der Waals surface area contributed by atoms with E-state index in [1.54, 1.807) is 0 Å². The second-order valence-electron chi connectivity index (χ2n) is 13.0. The number of rotatable bonds is 5. The SMILES string of the molecule is C/C1=C(/c2ccc(-c3ccc4ccccc4c3)cc2)N=C(c2ccc3c(c2)oc2ccccc23)N=C(c2ccc(-c3ccccc3)cc2)CC1. The van der Waals surface area contributed by atoms with Crippen LogP contribution in [0.2, 0.25) is 0 Å². The van der Waals surface area contributed by atoms with Gasteiger partial charge in [0.1, 0.15) is 11.2 Å². The fourth-order valence-electron chi connectivity index (χ4n) is 7.02. The monoisotopic (exact) mass is 642 g/mol. The number of allylic oxidation sites excluding steroid dienone is 1. The number of para-hydroxylation sites is 1. The van der Waals surface area contributed by atoms with Crippen molar-refractivity contribution in [3.05, 3.63) is 186 Å². The lowest BCUT2D eigenvalue weighted by molar-refractivity contribution is 0.669. The van der Waals surface area contributed by atoms with Crippen LogP contribution in [0.5, 0.6) is 0 Å². The smallest absolute Gasteiger partial charge is 0.160 e. The van der Waals surface area contributed by atoms with Crippen molar-refractivity contribution in [2.24, 2.45) is 9.98 Å². The van der Waals surface area contributed by atoms with Crippen LogP contribution in [0.1, 0.15) is 36.5 Å². The summed E-state index contributed by atoms with van der Waals surface area (Å²) in [6.07, 6.45) is 1.67. The topological polar surface area (TPSA) is 37.9 Å². The Kier molecular flexibility index (Phi) is 7.51. The zero-order valence-electron chi connectivity index (χ0n) is 27.8. The minimum absolute atomic E-state index is 0.683. The fourth-order valence-corrected chi connectivity index (χ4v) is 7.02. The summed E-state index contributed by atoms with van der Waals surface area (Å²) in [5, 5.41) is 4.69. The highest BCUT2D eigenvalue weighted by Crippen LogP contribution is 2.33. The van der Waals surface area contributed by atoms with Gasteiger partial charge < -0.3 is 4.42 Å². The van der Waals surface area contributed by atoms with Crippen molar-refractivity contribution < 1.29 is 4.42 Å². The van der Waals surface area contributed by atoms with Gasteiger partial charge in [-0.25, -0.2) is 9.98 Å². The maximum atomic E-state index is 6.31. The summed E-state index contributed by atoms with van der Waals surface area (Å²) >= 11 is 0. The molecule has 2 heterocycles. The van der Waals surface area contributed by atoms with Gasteiger partial charge in [-0.2, -0.15) is 0 Å². The molecule has 0 N–H and O–H groups in total. The highest BCUT2D eigenvalue weighted by Gasteiger charge is 2.18. The molecule has 0 atom stereocenters. The van der Waals surface area contributed by atoms with Gasteiger partial charge in [-0.3, -0.25) is 0 Å². The molecule has 3 heteroatoms. The maximum absolute atomic E-state index is 6.31. The van der Waals surface area contributed by atoms with Gasteiger partial charge in [-0.15, -0.1) is 0 Å². The molecule has 0 amide bonds. The molecule has 3 nitrogen and oxygen atoms in total. The van der Waals surface area contributed by atoms with E-state index >= 15 is 0 Å². The van der Waals surface area contributed by atoms with E-state index in [2.05, 4.69) is 153 Å². The zero-order chi connectivity index (χ0) is 33.4. The molecule has 8 aromatic rings. The molecule has 0 bridgehead atoms. The lowest BCUT2D eigenvalue weighted by Gasteiger charge is -2.17. The second kappa shape index (κ2) is 12.6. The van der Waals surface area contributed by atoms with Crippen molar-refractivity contribution >= 4 is 50.0 Å². The molecule has 0 aliphatic carbocycles. The van der Waals surface area contributed by atoms with E-state index in [1.165, 1.54) is 38.6 Å². The van der Waals surface area contributed by atoms with Crippen LogP contribution >= 0.6 is 0 Å². The first-order chi connectivity index (χ1) is 24.7. The molecular formula is C47H34N2O. The predicted octanol–water partition coefficient (Wildman–Crippen LogP) is 12.5. The summed E-state index contributed by atoms with van der Waals surface area (Å²) in [6.45, 7) is 2.21. The summed E-state index contributed by atoms with van der Waals surface area (Å²) in [5.74, 6) is 0.683. The first-order valence-electron chi connectivity index (χ1n) is 17.2. The Labute approximate surface area is 291 Å². The minimum atomic E-state index is 0.683. The molecule has 0 spiro atoms. The van der Waals surface area contributed by atoms with E-state index < -0.39 is 0 Å². The van der Waals surface area contributed by atoms with E-state index in [1.807, 2.05) is 18.2 Å². The van der Waals surface area contributed by atoms with Crippen LogP contribution in [0.4, 0.5) is 0 Å². The zero-order valence-corrected chi connectivity index (χ0v) is 27.8. The van der Waals surface area contributed by atoms with Crippen LogP contribution < -0.4 is 0 Å². The summed E-state index contributed by atoms with van der Waals surface area (Å²) in [6, 6.07) is 57.7. The average molecular weight is 643 g/mol. The van der Waals surface area contributed by atoms with Gasteiger partial charge >= 0.3 is 0 Å². The Morgan fingerprint density at radius 2 is 1.02 bits per heavy atom. The predicted molar refractivity (Wildman–Crippen MR) is 210 cm³/mol. The third kappa shape index (κ3) is 5.63. The van der Waals surface area contributed by atoms with Crippen molar-refractivity contribution in [2.75, 3.05) is 0 Å².